The molecule has 0 heterocycles. The van der Waals surface area contributed by atoms with Crippen LogP contribution in [0.25, 0.3) is 0 Å². The molecule has 0 fully saturated rings. The number of benzene rings is 1. The van der Waals surface area contributed by atoms with Crippen LogP contribution in [0.15, 0.2) is 30.3 Å². The van der Waals surface area contributed by atoms with Gasteiger partial charge in [0.2, 0.25) is 10.0 Å². The Morgan fingerprint density at radius 3 is 2.20 bits per heavy atom. The molecule has 0 atom stereocenters. The summed E-state index contributed by atoms with van der Waals surface area (Å²) >= 11 is 0. The number of amides is 1. The van der Waals surface area contributed by atoms with E-state index in [1.165, 1.54) is 13.8 Å². The zero-order valence-corrected chi connectivity index (χ0v) is 9.41. The quantitative estimate of drug-likeness (QED) is 0.842. The third-order valence-corrected chi connectivity index (χ3v) is 3.60. The largest absolute Gasteiger partial charge is 0.268 e. The molecule has 0 radical (unpaired) electrons. The molecule has 15 heavy (non-hydrogen) atoms. The second-order valence-corrected chi connectivity index (χ2v) is 5.63. The number of carbonyl (C=O) groups is 1. The first kappa shape index (κ1) is 11.7. The zero-order valence-electron chi connectivity index (χ0n) is 8.60. The molecule has 0 aliphatic rings. The van der Waals surface area contributed by atoms with Crippen LogP contribution in [0.5, 0.6) is 0 Å². The van der Waals surface area contributed by atoms with Gasteiger partial charge in [0.05, 0.1) is 5.25 Å². The van der Waals surface area contributed by atoms with Gasteiger partial charge in [-0.25, -0.2) is 13.1 Å². The predicted molar refractivity (Wildman–Crippen MR) is 58.0 cm³/mol. The second-order valence-electron chi connectivity index (χ2n) is 3.39. The Morgan fingerprint density at radius 2 is 1.73 bits per heavy atom. The fourth-order valence-corrected chi connectivity index (χ4v) is 1.51. The minimum absolute atomic E-state index is 0.335. The molecule has 82 valence electrons. The summed E-state index contributed by atoms with van der Waals surface area (Å²) in [6, 6.07) is 8.23. The number of rotatable bonds is 3. The highest BCUT2D eigenvalue weighted by Gasteiger charge is 2.19. The molecule has 1 rings (SSSR count). The smallest absolute Gasteiger partial charge is 0.264 e. The number of carbonyl (C=O) groups excluding carboxylic acids is 1. The summed E-state index contributed by atoms with van der Waals surface area (Å²) in [5, 5.41) is -0.620. The topological polar surface area (TPSA) is 63.2 Å². The van der Waals surface area contributed by atoms with E-state index in [1.807, 2.05) is 4.72 Å². The van der Waals surface area contributed by atoms with E-state index in [9.17, 15) is 13.2 Å². The molecule has 1 N–H and O–H groups in total. The van der Waals surface area contributed by atoms with Crippen molar-refractivity contribution >= 4 is 15.9 Å². The second kappa shape index (κ2) is 4.44. The summed E-state index contributed by atoms with van der Waals surface area (Å²) in [7, 11) is -3.55. The van der Waals surface area contributed by atoms with Gasteiger partial charge in [-0.1, -0.05) is 18.2 Å². The van der Waals surface area contributed by atoms with Gasteiger partial charge in [0, 0.05) is 5.56 Å². The molecule has 0 aliphatic carbocycles. The average Bonchev–Trinajstić information content (AvgIpc) is 2.18. The van der Waals surface area contributed by atoms with Crippen LogP contribution in [0.3, 0.4) is 0 Å². The number of hydrogen-bond donors (Lipinski definition) is 1. The number of sulfonamides is 1. The molecule has 1 amide bonds. The highest BCUT2D eigenvalue weighted by molar-refractivity contribution is 7.90. The summed E-state index contributed by atoms with van der Waals surface area (Å²) in [6.07, 6.45) is 0. The first-order valence-electron chi connectivity index (χ1n) is 4.54. The van der Waals surface area contributed by atoms with Crippen LogP contribution in [-0.2, 0) is 10.0 Å². The maximum atomic E-state index is 11.5. The van der Waals surface area contributed by atoms with Crippen LogP contribution in [0.4, 0.5) is 0 Å². The van der Waals surface area contributed by atoms with Crippen molar-refractivity contribution in [3.8, 4) is 0 Å². The summed E-state index contributed by atoms with van der Waals surface area (Å²) in [5.41, 5.74) is 0.335. The van der Waals surface area contributed by atoms with Gasteiger partial charge in [-0.3, -0.25) is 4.79 Å². The number of nitrogens with one attached hydrogen (secondary N) is 1. The summed E-state index contributed by atoms with van der Waals surface area (Å²) in [4.78, 5) is 11.5. The van der Waals surface area contributed by atoms with Crippen molar-refractivity contribution in [2.75, 3.05) is 0 Å². The van der Waals surface area contributed by atoms with Crippen LogP contribution >= 0.6 is 0 Å². The summed E-state index contributed by atoms with van der Waals surface area (Å²) < 4.78 is 24.8. The molecular formula is C10H13NO3S. The van der Waals surface area contributed by atoms with E-state index in [4.69, 9.17) is 0 Å². The van der Waals surface area contributed by atoms with Gasteiger partial charge in [-0.05, 0) is 26.0 Å². The van der Waals surface area contributed by atoms with E-state index >= 15 is 0 Å². The van der Waals surface area contributed by atoms with Crippen molar-refractivity contribution in [2.45, 2.75) is 19.1 Å². The average molecular weight is 227 g/mol. The Hall–Kier alpha value is -1.36. The van der Waals surface area contributed by atoms with Gasteiger partial charge in [0.25, 0.3) is 5.91 Å². The maximum Gasteiger partial charge on any atom is 0.264 e. The van der Waals surface area contributed by atoms with E-state index in [-0.39, 0.29) is 0 Å². The van der Waals surface area contributed by atoms with E-state index in [1.54, 1.807) is 30.3 Å². The van der Waals surface area contributed by atoms with Crippen molar-refractivity contribution < 1.29 is 13.2 Å². The van der Waals surface area contributed by atoms with Gasteiger partial charge >= 0.3 is 0 Å². The monoisotopic (exact) mass is 227 g/mol. The summed E-state index contributed by atoms with van der Waals surface area (Å²) in [5.74, 6) is -0.593. The number of hydrogen-bond acceptors (Lipinski definition) is 3. The lowest BCUT2D eigenvalue weighted by Crippen LogP contribution is -2.35. The normalized spacial score (nSPS) is 11.4. The van der Waals surface area contributed by atoms with E-state index in [2.05, 4.69) is 0 Å². The lowest BCUT2D eigenvalue weighted by Gasteiger charge is -2.08. The Kier molecular flexibility index (Phi) is 3.47. The van der Waals surface area contributed by atoms with E-state index < -0.39 is 21.2 Å². The van der Waals surface area contributed by atoms with Gasteiger partial charge in [-0.2, -0.15) is 0 Å². The Labute approximate surface area is 89.4 Å². The fourth-order valence-electron chi connectivity index (χ4n) is 0.896. The van der Waals surface area contributed by atoms with E-state index in [0.717, 1.165) is 0 Å². The molecule has 0 bridgehead atoms. The van der Waals surface area contributed by atoms with Crippen LogP contribution < -0.4 is 4.72 Å². The molecular weight excluding hydrogens is 214 g/mol. The van der Waals surface area contributed by atoms with Crippen LogP contribution in [-0.4, -0.2) is 19.6 Å². The highest BCUT2D eigenvalue weighted by atomic mass is 32.2. The molecule has 0 saturated carbocycles. The van der Waals surface area contributed by atoms with Crippen LogP contribution in [0.2, 0.25) is 0 Å². The molecule has 4 nitrogen and oxygen atoms in total. The van der Waals surface area contributed by atoms with Gasteiger partial charge in [0.1, 0.15) is 0 Å². The Bertz CT molecular complexity index is 437. The van der Waals surface area contributed by atoms with Gasteiger partial charge in [-0.15, -0.1) is 0 Å². The fraction of sp³-hybridized carbons (Fsp3) is 0.300. The lowest BCUT2D eigenvalue weighted by molar-refractivity contribution is 0.0981. The Balaban J connectivity index is 2.82. The van der Waals surface area contributed by atoms with Crippen molar-refractivity contribution in [1.82, 2.24) is 4.72 Å². The minimum atomic E-state index is -3.55. The first-order chi connectivity index (χ1) is 6.93. The SMILES string of the molecule is CC(C)S(=O)(=O)NC(=O)c1ccccc1. The van der Waals surface area contributed by atoms with E-state index in [0.29, 0.717) is 5.56 Å². The highest BCUT2D eigenvalue weighted by Crippen LogP contribution is 2.01. The van der Waals surface area contributed by atoms with Crippen molar-refractivity contribution in [3.05, 3.63) is 35.9 Å². The summed E-state index contributed by atoms with van der Waals surface area (Å²) in [6.45, 7) is 3.03. The third-order valence-electron chi connectivity index (χ3n) is 1.89. The standard InChI is InChI=1S/C10H13NO3S/c1-8(2)15(13,14)11-10(12)9-6-4-3-5-7-9/h3-8H,1-2H3,(H,11,12). The minimum Gasteiger partial charge on any atom is -0.268 e. The molecule has 0 aromatic heterocycles. The third kappa shape index (κ3) is 3.06. The molecule has 1 aromatic rings. The van der Waals surface area contributed by atoms with Crippen molar-refractivity contribution in [1.29, 1.82) is 0 Å². The predicted octanol–water partition coefficient (Wildman–Crippen LogP) is 1.15. The van der Waals surface area contributed by atoms with Crippen LogP contribution in [0.1, 0.15) is 24.2 Å². The van der Waals surface area contributed by atoms with Crippen molar-refractivity contribution in [3.63, 3.8) is 0 Å². The molecule has 0 aliphatic heterocycles. The molecule has 1 aromatic carbocycles. The zero-order chi connectivity index (χ0) is 11.5. The van der Waals surface area contributed by atoms with Gasteiger partial charge in [0.15, 0.2) is 0 Å². The molecule has 5 heteroatoms. The molecule has 0 spiro atoms. The Morgan fingerprint density at radius 1 is 1.20 bits per heavy atom. The van der Waals surface area contributed by atoms with Crippen LogP contribution in [0, 0.1) is 0 Å². The van der Waals surface area contributed by atoms with Crippen molar-refractivity contribution in [2.24, 2.45) is 0 Å². The first-order valence-corrected chi connectivity index (χ1v) is 6.09. The maximum absolute atomic E-state index is 11.5. The molecule has 0 saturated heterocycles. The molecule has 0 unspecified atom stereocenters. The lowest BCUT2D eigenvalue weighted by atomic mass is 10.2. The van der Waals surface area contributed by atoms with Gasteiger partial charge < -0.3 is 0 Å².